The van der Waals surface area contributed by atoms with Gasteiger partial charge in [-0.15, -0.1) is 11.8 Å². The maximum Gasteiger partial charge on any atom is 0.324 e. The Morgan fingerprint density at radius 1 is 1.13 bits per heavy atom. The van der Waals surface area contributed by atoms with Gasteiger partial charge in [-0.1, -0.05) is 18.2 Å². The Hall–Kier alpha value is -2.84. The van der Waals surface area contributed by atoms with Gasteiger partial charge in [-0.25, -0.2) is 13.9 Å². The van der Waals surface area contributed by atoms with E-state index in [1.807, 2.05) is 4.68 Å². The first kappa shape index (κ1) is 21.4. The number of piperidine rings is 1. The predicted molar refractivity (Wildman–Crippen MR) is 123 cm³/mol. The Bertz CT molecular complexity index is 1010. The first-order valence-electron chi connectivity index (χ1n) is 10.3. The van der Waals surface area contributed by atoms with Crippen LogP contribution in [0.4, 0.5) is 20.7 Å². The molecule has 0 bridgehead atoms. The summed E-state index contributed by atoms with van der Waals surface area (Å²) >= 11 is 1.75. The lowest BCUT2D eigenvalue weighted by Gasteiger charge is -2.32. The average molecular weight is 440 g/mol. The van der Waals surface area contributed by atoms with Crippen molar-refractivity contribution in [2.75, 3.05) is 30.0 Å². The van der Waals surface area contributed by atoms with Gasteiger partial charge in [-0.05, 0) is 55.0 Å². The Labute approximate surface area is 185 Å². The molecule has 2 heterocycles. The summed E-state index contributed by atoms with van der Waals surface area (Å²) in [6.45, 7) is 2.90. The van der Waals surface area contributed by atoms with E-state index in [1.54, 1.807) is 36.2 Å². The van der Waals surface area contributed by atoms with E-state index >= 15 is 0 Å². The minimum Gasteiger partial charge on any atom is -0.308 e. The number of hydrogen-bond donors (Lipinski definition) is 2. The van der Waals surface area contributed by atoms with Gasteiger partial charge in [-0.3, -0.25) is 10.2 Å². The number of halogens is 1. The second kappa shape index (κ2) is 9.98. The molecule has 1 fully saturated rings. The van der Waals surface area contributed by atoms with Crippen LogP contribution < -0.4 is 10.6 Å². The van der Waals surface area contributed by atoms with Crippen molar-refractivity contribution in [3.8, 4) is 0 Å². The van der Waals surface area contributed by atoms with Gasteiger partial charge in [0.05, 0.1) is 12.2 Å². The van der Waals surface area contributed by atoms with Crippen LogP contribution in [0.15, 0.2) is 65.7 Å². The van der Waals surface area contributed by atoms with Crippen molar-refractivity contribution in [2.45, 2.75) is 30.3 Å². The van der Waals surface area contributed by atoms with Gasteiger partial charge in [-0.2, -0.15) is 5.10 Å². The fourth-order valence-electron chi connectivity index (χ4n) is 3.86. The molecule has 0 spiro atoms. The number of urea groups is 1. The summed E-state index contributed by atoms with van der Waals surface area (Å²) in [4.78, 5) is 16.1. The van der Waals surface area contributed by atoms with E-state index in [9.17, 15) is 9.18 Å². The molecule has 162 valence electrons. The number of likely N-dealkylation sites (tertiary alicyclic amines) is 1. The molecule has 0 unspecified atom stereocenters. The smallest absolute Gasteiger partial charge is 0.308 e. The monoisotopic (exact) mass is 439 g/mol. The highest BCUT2D eigenvalue weighted by Crippen LogP contribution is 2.26. The lowest BCUT2D eigenvalue weighted by Crippen LogP contribution is -2.35. The van der Waals surface area contributed by atoms with Crippen LogP contribution in [0, 0.1) is 5.82 Å². The van der Waals surface area contributed by atoms with E-state index in [1.165, 1.54) is 22.6 Å². The number of carbonyl (C=O) groups excluding carboxylic acids is 1. The van der Waals surface area contributed by atoms with E-state index in [0.29, 0.717) is 11.5 Å². The second-order valence-corrected chi connectivity index (χ2v) is 8.49. The highest BCUT2D eigenvalue weighted by Gasteiger charge is 2.23. The first-order chi connectivity index (χ1) is 15.1. The zero-order valence-corrected chi connectivity index (χ0v) is 18.2. The van der Waals surface area contributed by atoms with E-state index in [0.717, 1.165) is 32.5 Å². The zero-order valence-electron chi connectivity index (χ0n) is 17.4. The van der Waals surface area contributed by atoms with Crippen LogP contribution in [0.5, 0.6) is 0 Å². The molecule has 1 aromatic heterocycles. The number of benzene rings is 2. The Morgan fingerprint density at radius 3 is 2.61 bits per heavy atom. The molecule has 0 radical (unpaired) electrons. The SMILES string of the molecule is CSc1ccc(CN2CCC(n3nccc3NC(=O)Nc3cccc(F)c3)CC2)cc1. The molecule has 0 aliphatic carbocycles. The van der Waals surface area contributed by atoms with Crippen LogP contribution in [0.25, 0.3) is 0 Å². The number of aromatic nitrogens is 2. The summed E-state index contributed by atoms with van der Waals surface area (Å²) in [5.74, 6) is 0.245. The summed E-state index contributed by atoms with van der Waals surface area (Å²) < 4.78 is 15.2. The normalized spacial score (nSPS) is 15.0. The van der Waals surface area contributed by atoms with Crippen LogP contribution >= 0.6 is 11.8 Å². The molecule has 6 nitrogen and oxygen atoms in total. The maximum absolute atomic E-state index is 13.3. The standard InChI is InChI=1S/C23H26FN5OS/c1-31-21-7-5-17(6-8-21)16-28-13-10-20(11-14-28)29-22(9-12-25-29)27-23(30)26-19-4-2-3-18(24)15-19/h2-9,12,15,20H,10-11,13-14,16H2,1H3,(H2,26,27,30). The van der Waals surface area contributed by atoms with Gasteiger partial charge in [0.15, 0.2) is 0 Å². The van der Waals surface area contributed by atoms with Gasteiger partial charge in [0.1, 0.15) is 11.6 Å². The zero-order chi connectivity index (χ0) is 21.6. The molecule has 1 saturated heterocycles. The summed E-state index contributed by atoms with van der Waals surface area (Å²) in [5.41, 5.74) is 1.73. The molecule has 8 heteroatoms. The van der Waals surface area contributed by atoms with Crippen LogP contribution in [-0.4, -0.2) is 40.1 Å². The minimum absolute atomic E-state index is 0.231. The van der Waals surface area contributed by atoms with E-state index in [2.05, 4.69) is 51.2 Å². The van der Waals surface area contributed by atoms with Crippen molar-refractivity contribution >= 4 is 29.3 Å². The van der Waals surface area contributed by atoms with E-state index in [-0.39, 0.29) is 6.04 Å². The molecule has 2 N–H and O–H groups in total. The van der Waals surface area contributed by atoms with Crippen molar-refractivity contribution in [2.24, 2.45) is 0 Å². The average Bonchev–Trinajstić information content (AvgIpc) is 3.23. The van der Waals surface area contributed by atoms with Crippen molar-refractivity contribution in [1.82, 2.24) is 14.7 Å². The molecule has 31 heavy (non-hydrogen) atoms. The topological polar surface area (TPSA) is 62.2 Å². The second-order valence-electron chi connectivity index (χ2n) is 7.61. The summed E-state index contributed by atoms with van der Waals surface area (Å²) in [6.07, 6.45) is 5.70. The van der Waals surface area contributed by atoms with Crippen LogP contribution in [0.1, 0.15) is 24.4 Å². The fraction of sp³-hybridized carbons (Fsp3) is 0.304. The summed E-state index contributed by atoms with van der Waals surface area (Å²) in [7, 11) is 0. The van der Waals surface area contributed by atoms with Gasteiger partial charge in [0, 0.05) is 36.3 Å². The first-order valence-corrected chi connectivity index (χ1v) is 11.6. The molecule has 4 rings (SSSR count). The highest BCUT2D eigenvalue weighted by atomic mass is 32.2. The van der Waals surface area contributed by atoms with Gasteiger partial charge in [0.2, 0.25) is 0 Å². The number of amides is 2. The molecule has 1 aliphatic heterocycles. The van der Waals surface area contributed by atoms with Crippen molar-refractivity contribution in [3.05, 3.63) is 72.2 Å². The number of anilines is 2. The molecule has 0 atom stereocenters. The van der Waals surface area contributed by atoms with Gasteiger partial charge in [0.25, 0.3) is 0 Å². The maximum atomic E-state index is 13.3. The minimum atomic E-state index is -0.418. The van der Waals surface area contributed by atoms with Crippen LogP contribution in [-0.2, 0) is 6.54 Å². The summed E-state index contributed by atoms with van der Waals surface area (Å²) in [6, 6.07) is 16.1. The number of carbonyl (C=O) groups is 1. The predicted octanol–water partition coefficient (Wildman–Crippen LogP) is 5.23. The quantitative estimate of drug-likeness (QED) is 0.517. The number of thioether (sulfide) groups is 1. The number of rotatable bonds is 6. The number of hydrogen-bond acceptors (Lipinski definition) is 4. The van der Waals surface area contributed by atoms with Crippen LogP contribution in [0.3, 0.4) is 0 Å². The lowest BCUT2D eigenvalue weighted by molar-refractivity contribution is 0.174. The number of nitrogens with zero attached hydrogens (tertiary/aromatic N) is 3. The molecule has 3 aromatic rings. The molecular weight excluding hydrogens is 413 g/mol. The lowest BCUT2D eigenvalue weighted by atomic mass is 10.0. The van der Waals surface area contributed by atoms with E-state index in [4.69, 9.17) is 0 Å². The Kier molecular flexibility index (Phi) is 6.89. The Morgan fingerprint density at radius 2 is 1.90 bits per heavy atom. The fourth-order valence-corrected chi connectivity index (χ4v) is 4.27. The largest absolute Gasteiger partial charge is 0.324 e. The number of nitrogens with one attached hydrogen (secondary N) is 2. The highest BCUT2D eigenvalue weighted by molar-refractivity contribution is 7.98. The van der Waals surface area contributed by atoms with Gasteiger partial charge >= 0.3 is 6.03 Å². The van der Waals surface area contributed by atoms with Crippen LogP contribution in [0.2, 0.25) is 0 Å². The third-order valence-corrected chi connectivity index (χ3v) is 6.21. The molecule has 0 saturated carbocycles. The molecule has 1 aliphatic rings. The molecule has 2 amide bonds. The van der Waals surface area contributed by atoms with E-state index < -0.39 is 11.8 Å². The van der Waals surface area contributed by atoms with Gasteiger partial charge < -0.3 is 5.32 Å². The summed E-state index contributed by atoms with van der Waals surface area (Å²) in [5, 5.41) is 9.92. The Balaban J connectivity index is 1.31. The van der Waals surface area contributed by atoms with Crippen molar-refractivity contribution in [1.29, 1.82) is 0 Å². The third-order valence-electron chi connectivity index (χ3n) is 5.46. The van der Waals surface area contributed by atoms with Crippen molar-refractivity contribution < 1.29 is 9.18 Å². The van der Waals surface area contributed by atoms with Crippen molar-refractivity contribution in [3.63, 3.8) is 0 Å². The molecule has 2 aromatic carbocycles. The third kappa shape index (κ3) is 5.65. The molecular formula is C23H26FN5OS.